The molecule has 0 spiro atoms. The number of hydrogen-bond acceptors (Lipinski definition) is 5. The van der Waals surface area contributed by atoms with Crippen molar-refractivity contribution in [3.63, 3.8) is 0 Å². The molecule has 1 saturated carbocycles. The Morgan fingerprint density at radius 2 is 2.04 bits per heavy atom. The molecule has 1 aromatic carbocycles. The predicted molar refractivity (Wildman–Crippen MR) is 114 cm³/mol. The van der Waals surface area contributed by atoms with E-state index in [1.165, 1.54) is 42.6 Å². The van der Waals surface area contributed by atoms with Crippen LogP contribution in [0.3, 0.4) is 0 Å². The van der Waals surface area contributed by atoms with Crippen LogP contribution >= 0.6 is 11.3 Å². The maximum atomic E-state index is 11.0. The molecule has 154 valence electrons. The fraction of sp³-hybridized carbons (Fsp3) is 0.522. The van der Waals surface area contributed by atoms with Crippen molar-refractivity contribution in [3.05, 3.63) is 45.6 Å². The number of hydrogen-bond donors (Lipinski definition) is 1. The Balaban J connectivity index is 0.000000209. The molecule has 0 saturated heterocycles. The lowest BCUT2D eigenvalue weighted by molar-refractivity contribution is 0.0606. The SMILES string of the molecule is CCCc1ccc(C(=O)OC)s1.Cc1cc(O)cc(OCC2CCCC2C)c1. The number of phenols is 1. The number of aromatic hydroxyl groups is 1. The van der Waals surface area contributed by atoms with Gasteiger partial charge >= 0.3 is 5.97 Å². The van der Waals surface area contributed by atoms with Gasteiger partial charge in [0.05, 0.1) is 13.7 Å². The lowest BCUT2D eigenvalue weighted by atomic mass is 9.99. The first kappa shape index (κ1) is 22.3. The first-order valence-corrected chi connectivity index (χ1v) is 10.8. The van der Waals surface area contributed by atoms with E-state index in [-0.39, 0.29) is 11.7 Å². The van der Waals surface area contributed by atoms with Crippen LogP contribution < -0.4 is 4.74 Å². The summed E-state index contributed by atoms with van der Waals surface area (Å²) in [6.45, 7) is 7.17. The average molecular weight is 405 g/mol. The maximum absolute atomic E-state index is 11.0. The lowest BCUT2D eigenvalue weighted by Gasteiger charge is -2.16. The van der Waals surface area contributed by atoms with Gasteiger partial charge in [-0.2, -0.15) is 0 Å². The standard InChI is InChI=1S/C14H20O2.C9H12O2S/c1-10-6-13(15)8-14(7-10)16-9-12-5-3-4-11(12)2;1-3-4-7-5-6-8(12-7)9(10)11-2/h6-8,11-12,15H,3-5,9H2,1-2H3;5-6H,3-4H2,1-2H3. The summed E-state index contributed by atoms with van der Waals surface area (Å²) >= 11 is 1.52. The highest BCUT2D eigenvalue weighted by molar-refractivity contribution is 7.13. The van der Waals surface area contributed by atoms with E-state index < -0.39 is 0 Å². The number of aryl methyl sites for hydroxylation is 2. The van der Waals surface area contributed by atoms with Gasteiger partial charge in [0.25, 0.3) is 0 Å². The van der Waals surface area contributed by atoms with E-state index in [0.29, 0.717) is 10.8 Å². The molecule has 2 unspecified atom stereocenters. The normalized spacial score (nSPS) is 18.3. The van der Waals surface area contributed by atoms with E-state index in [1.807, 2.05) is 25.1 Å². The summed E-state index contributed by atoms with van der Waals surface area (Å²) in [7, 11) is 1.40. The number of carbonyl (C=O) groups is 1. The molecule has 1 fully saturated rings. The largest absolute Gasteiger partial charge is 0.508 e. The number of esters is 1. The van der Waals surface area contributed by atoms with Crippen molar-refractivity contribution in [2.75, 3.05) is 13.7 Å². The Hall–Kier alpha value is -2.01. The highest BCUT2D eigenvalue weighted by Gasteiger charge is 2.23. The number of benzene rings is 1. The van der Waals surface area contributed by atoms with E-state index in [4.69, 9.17) is 4.74 Å². The van der Waals surface area contributed by atoms with Crippen LogP contribution in [0.25, 0.3) is 0 Å². The van der Waals surface area contributed by atoms with Crippen LogP contribution in [0.5, 0.6) is 11.5 Å². The van der Waals surface area contributed by atoms with Crippen molar-refractivity contribution in [1.82, 2.24) is 0 Å². The second-order valence-corrected chi connectivity index (χ2v) is 8.66. The summed E-state index contributed by atoms with van der Waals surface area (Å²) in [5.74, 6) is 2.30. The molecule has 2 aromatic rings. The van der Waals surface area contributed by atoms with Gasteiger partial charge in [0.15, 0.2) is 0 Å². The van der Waals surface area contributed by atoms with Crippen molar-refractivity contribution in [2.45, 2.75) is 52.9 Å². The molecule has 0 bridgehead atoms. The molecule has 0 aliphatic heterocycles. The molecule has 5 heteroatoms. The first-order chi connectivity index (χ1) is 13.4. The fourth-order valence-corrected chi connectivity index (χ4v) is 4.48. The number of thiophene rings is 1. The van der Waals surface area contributed by atoms with Gasteiger partial charge in [0.1, 0.15) is 16.4 Å². The van der Waals surface area contributed by atoms with Gasteiger partial charge < -0.3 is 14.6 Å². The van der Waals surface area contributed by atoms with Crippen molar-refractivity contribution >= 4 is 17.3 Å². The van der Waals surface area contributed by atoms with Gasteiger partial charge in [-0.05, 0) is 61.4 Å². The molecule has 2 atom stereocenters. The Labute approximate surface area is 172 Å². The average Bonchev–Trinajstić information content (AvgIpc) is 3.28. The van der Waals surface area contributed by atoms with Crippen LogP contribution in [-0.2, 0) is 11.2 Å². The van der Waals surface area contributed by atoms with Gasteiger partial charge in [0.2, 0.25) is 0 Å². The summed E-state index contributed by atoms with van der Waals surface area (Å²) in [5, 5.41) is 9.46. The summed E-state index contributed by atoms with van der Waals surface area (Å²) in [4.78, 5) is 13.0. The van der Waals surface area contributed by atoms with E-state index in [2.05, 4.69) is 18.6 Å². The molecule has 1 aliphatic carbocycles. The van der Waals surface area contributed by atoms with Gasteiger partial charge in [0, 0.05) is 10.9 Å². The fourth-order valence-electron chi connectivity index (χ4n) is 3.45. The van der Waals surface area contributed by atoms with Gasteiger partial charge in [-0.1, -0.05) is 33.1 Å². The third-order valence-electron chi connectivity index (χ3n) is 5.08. The third-order valence-corrected chi connectivity index (χ3v) is 6.21. The van der Waals surface area contributed by atoms with Gasteiger partial charge in [-0.25, -0.2) is 4.79 Å². The molecule has 1 aliphatic rings. The maximum Gasteiger partial charge on any atom is 0.348 e. The molecule has 1 heterocycles. The first-order valence-electron chi connectivity index (χ1n) is 10.0. The highest BCUT2D eigenvalue weighted by atomic mass is 32.1. The summed E-state index contributed by atoms with van der Waals surface area (Å²) in [6.07, 6.45) is 6.09. The minimum atomic E-state index is -0.234. The zero-order chi connectivity index (χ0) is 20.5. The van der Waals surface area contributed by atoms with E-state index >= 15 is 0 Å². The predicted octanol–water partition coefficient (Wildman–Crippen LogP) is 6.00. The summed E-state index contributed by atoms with van der Waals surface area (Å²) in [5.41, 5.74) is 1.04. The van der Waals surface area contributed by atoms with Crippen molar-refractivity contribution < 1.29 is 19.4 Å². The molecule has 0 amide bonds. The number of rotatable bonds is 6. The van der Waals surface area contributed by atoms with E-state index in [9.17, 15) is 9.90 Å². The number of phenolic OH excluding ortho intramolecular Hbond substituents is 1. The van der Waals surface area contributed by atoms with E-state index in [0.717, 1.165) is 36.7 Å². The Morgan fingerprint density at radius 1 is 1.25 bits per heavy atom. The molecule has 4 nitrogen and oxygen atoms in total. The molecule has 0 radical (unpaired) electrons. The Morgan fingerprint density at radius 3 is 2.64 bits per heavy atom. The monoisotopic (exact) mass is 404 g/mol. The molecular formula is C23H32O4S. The second kappa shape index (κ2) is 11.1. The molecule has 3 rings (SSSR count). The van der Waals surface area contributed by atoms with Crippen molar-refractivity contribution in [2.24, 2.45) is 11.8 Å². The van der Waals surface area contributed by atoms with Crippen molar-refractivity contribution in [1.29, 1.82) is 0 Å². The van der Waals surface area contributed by atoms with E-state index in [1.54, 1.807) is 12.1 Å². The number of methoxy groups -OCH3 is 1. The Kier molecular flexibility index (Phi) is 8.84. The summed E-state index contributed by atoms with van der Waals surface area (Å²) < 4.78 is 10.4. The lowest BCUT2D eigenvalue weighted by Crippen LogP contribution is -2.14. The second-order valence-electron chi connectivity index (χ2n) is 7.49. The van der Waals surface area contributed by atoms with Crippen LogP contribution in [0.15, 0.2) is 30.3 Å². The highest BCUT2D eigenvalue weighted by Crippen LogP contribution is 2.32. The number of carbonyl (C=O) groups excluding carboxylic acids is 1. The minimum absolute atomic E-state index is 0.234. The zero-order valence-corrected chi connectivity index (χ0v) is 18.2. The molecule has 28 heavy (non-hydrogen) atoms. The van der Waals surface area contributed by atoms with Crippen LogP contribution in [0.2, 0.25) is 0 Å². The van der Waals surface area contributed by atoms with Crippen LogP contribution in [0, 0.1) is 18.8 Å². The quantitative estimate of drug-likeness (QED) is 0.600. The van der Waals surface area contributed by atoms with Gasteiger partial charge in [-0.3, -0.25) is 0 Å². The van der Waals surface area contributed by atoms with Crippen LogP contribution in [0.1, 0.15) is 59.6 Å². The molecular weight excluding hydrogens is 372 g/mol. The Bertz CT molecular complexity index is 733. The number of ether oxygens (including phenoxy) is 2. The molecule has 1 aromatic heterocycles. The molecule has 1 N–H and O–H groups in total. The topological polar surface area (TPSA) is 55.8 Å². The third kappa shape index (κ3) is 6.86. The summed E-state index contributed by atoms with van der Waals surface area (Å²) in [6, 6.07) is 9.21. The van der Waals surface area contributed by atoms with Crippen molar-refractivity contribution in [3.8, 4) is 11.5 Å². The van der Waals surface area contributed by atoms with Crippen LogP contribution in [0.4, 0.5) is 0 Å². The smallest absolute Gasteiger partial charge is 0.348 e. The zero-order valence-electron chi connectivity index (χ0n) is 17.4. The van der Waals surface area contributed by atoms with Gasteiger partial charge in [-0.15, -0.1) is 11.3 Å². The minimum Gasteiger partial charge on any atom is -0.508 e. The van der Waals surface area contributed by atoms with Crippen LogP contribution in [-0.4, -0.2) is 24.8 Å².